The van der Waals surface area contributed by atoms with Crippen LogP contribution < -0.4 is 9.80 Å². The maximum Gasteiger partial charge on any atom is 0.243 e. The van der Waals surface area contributed by atoms with E-state index in [2.05, 4.69) is 0 Å². The number of benzene rings is 2. The molecular weight excluding hydrogens is 405 g/mol. The van der Waals surface area contributed by atoms with Crippen LogP contribution >= 0.6 is 0 Å². The van der Waals surface area contributed by atoms with Crippen LogP contribution in [0.25, 0.3) is 0 Å². The number of carbonyl (C=O) groups is 1. The molecule has 1 amide bonds. The van der Waals surface area contributed by atoms with Crippen LogP contribution in [-0.4, -0.2) is 51.4 Å². The summed E-state index contributed by atoms with van der Waals surface area (Å²) in [6.07, 6.45) is 1.95. The van der Waals surface area contributed by atoms with Gasteiger partial charge in [-0.25, -0.2) is 12.8 Å². The number of hydrogen-bond acceptors (Lipinski definition) is 4. The van der Waals surface area contributed by atoms with Gasteiger partial charge in [0.2, 0.25) is 15.9 Å². The smallest absolute Gasteiger partial charge is 0.243 e. The highest BCUT2D eigenvalue weighted by Crippen LogP contribution is 2.32. The predicted octanol–water partition coefficient (Wildman–Crippen LogP) is 3.03. The molecule has 2 heterocycles. The van der Waals surface area contributed by atoms with E-state index in [1.165, 1.54) is 16.4 Å². The van der Waals surface area contributed by atoms with Gasteiger partial charge in [0.05, 0.1) is 4.90 Å². The molecule has 2 aromatic carbocycles. The van der Waals surface area contributed by atoms with Crippen LogP contribution in [0.4, 0.5) is 15.8 Å². The molecule has 0 spiro atoms. The van der Waals surface area contributed by atoms with Crippen molar-refractivity contribution in [1.82, 2.24) is 4.31 Å². The number of anilines is 2. The summed E-state index contributed by atoms with van der Waals surface area (Å²) >= 11 is 0. The van der Waals surface area contributed by atoms with Gasteiger partial charge in [-0.05, 0) is 54.8 Å². The molecule has 0 radical (unpaired) electrons. The van der Waals surface area contributed by atoms with Gasteiger partial charge in [0, 0.05) is 50.5 Å². The first-order chi connectivity index (χ1) is 14.4. The second kappa shape index (κ2) is 8.35. The quantitative estimate of drug-likeness (QED) is 0.730. The zero-order valence-corrected chi connectivity index (χ0v) is 17.9. The minimum Gasteiger partial charge on any atom is -0.369 e. The minimum absolute atomic E-state index is 0.0836. The largest absolute Gasteiger partial charge is 0.369 e. The van der Waals surface area contributed by atoms with Crippen molar-refractivity contribution in [3.63, 3.8) is 0 Å². The molecule has 0 bridgehead atoms. The third-order valence-corrected chi connectivity index (χ3v) is 7.66. The maximum absolute atomic E-state index is 13.5. The molecule has 0 aliphatic carbocycles. The highest BCUT2D eigenvalue weighted by Gasteiger charge is 2.31. The van der Waals surface area contributed by atoms with E-state index in [1.807, 2.05) is 17.9 Å². The Morgan fingerprint density at radius 3 is 2.50 bits per heavy atom. The summed E-state index contributed by atoms with van der Waals surface area (Å²) in [5.41, 5.74) is 2.49. The normalized spacial score (nSPS) is 17.3. The van der Waals surface area contributed by atoms with E-state index in [0.29, 0.717) is 45.6 Å². The van der Waals surface area contributed by atoms with Gasteiger partial charge in [0.15, 0.2) is 0 Å². The van der Waals surface area contributed by atoms with Crippen LogP contribution in [0.15, 0.2) is 47.4 Å². The van der Waals surface area contributed by atoms with E-state index in [0.717, 1.165) is 23.4 Å². The Morgan fingerprint density at radius 2 is 1.80 bits per heavy atom. The van der Waals surface area contributed by atoms with Crippen molar-refractivity contribution >= 4 is 27.3 Å². The van der Waals surface area contributed by atoms with Gasteiger partial charge in [-0.1, -0.05) is 13.0 Å². The lowest BCUT2D eigenvalue weighted by molar-refractivity contribution is -0.118. The number of halogens is 1. The SMILES string of the molecule is CCCC(=O)N1CCc2cc(S(=O)(=O)N3CCN(c4cccc(F)c4)CC3)ccc21. The number of amides is 1. The minimum atomic E-state index is -3.62. The summed E-state index contributed by atoms with van der Waals surface area (Å²) in [4.78, 5) is 16.3. The van der Waals surface area contributed by atoms with Crippen LogP contribution in [0.5, 0.6) is 0 Å². The molecule has 0 N–H and O–H groups in total. The molecule has 1 saturated heterocycles. The first-order valence-electron chi connectivity index (χ1n) is 10.3. The number of nitrogens with zero attached hydrogens (tertiary/aromatic N) is 3. The second-order valence-corrected chi connectivity index (χ2v) is 9.64. The van der Waals surface area contributed by atoms with Gasteiger partial charge < -0.3 is 9.80 Å². The number of rotatable bonds is 5. The predicted molar refractivity (Wildman–Crippen MR) is 115 cm³/mol. The molecule has 2 aliphatic heterocycles. The van der Waals surface area contributed by atoms with Crippen LogP contribution in [0, 0.1) is 5.82 Å². The van der Waals surface area contributed by atoms with Gasteiger partial charge in [-0.2, -0.15) is 4.31 Å². The Bertz CT molecular complexity index is 1050. The Hall–Kier alpha value is -2.45. The summed E-state index contributed by atoms with van der Waals surface area (Å²) in [7, 11) is -3.62. The highest BCUT2D eigenvalue weighted by atomic mass is 32.2. The molecule has 0 aromatic heterocycles. The fraction of sp³-hybridized carbons (Fsp3) is 0.409. The van der Waals surface area contributed by atoms with Crippen molar-refractivity contribution in [2.24, 2.45) is 0 Å². The van der Waals surface area contributed by atoms with Crippen LogP contribution in [0.2, 0.25) is 0 Å². The maximum atomic E-state index is 13.5. The van der Waals surface area contributed by atoms with Crippen LogP contribution in [-0.2, 0) is 21.2 Å². The Morgan fingerprint density at radius 1 is 1.03 bits per heavy atom. The molecule has 0 unspecified atom stereocenters. The molecule has 2 aliphatic rings. The lowest BCUT2D eigenvalue weighted by atomic mass is 10.2. The Kier molecular flexibility index (Phi) is 5.79. The summed E-state index contributed by atoms with van der Waals surface area (Å²) < 4.78 is 41.3. The van der Waals surface area contributed by atoms with E-state index < -0.39 is 10.0 Å². The number of piperazine rings is 1. The van der Waals surface area contributed by atoms with Crippen molar-refractivity contribution in [3.8, 4) is 0 Å². The number of hydrogen-bond donors (Lipinski definition) is 0. The summed E-state index contributed by atoms with van der Waals surface area (Å²) in [6, 6.07) is 11.4. The first-order valence-corrected chi connectivity index (χ1v) is 11.8. The Balaban J connectivity index is 1.48. The van der Waals surface area contributed by atoms with E-state index >= 15 is 0 Å². The number of fused-ring (bicyclic) bond motifs is 1. The fourth-order valence-corrected chi connectivity index (χ4v) is 5.63. The van der Waals surface area contributed by atoms with Gasteiger partial charge in [-0.15, -0.1) is 0 Å². The fourth-order valence-electron chi connectivity index (χ4n) is 4.16. The van der Waals surface area contributed by atoms with E-state index in [9.17, 15) is 17.6 Å². The average Bonchev–Trinajstić information content (AvgIpc) is 3.17. The van der Waals surface area contributed by atoms with E-state index in [4.69, 9.17) is 0 Å². The molecule has 1 fully saturated rings. The van der Waals surface area contributed by atoms with Crippen molar-refractivity contribution in [2.75, 3.05) is 42.5 Å². The van der Waals surface area contributed by atoms with Crippen molar-refractivity contribution < 1.29 is 17.6 Å². The first kappa shape index (κ1) is 20.8. The van der Waals surface area contributed by atoms with Gasteiger partial charge in [0.1, 0.15) is 5.82 Å². The Labute approximate surface area is 176 Å². The van der Waals surface area contributed by atoms with E-state index in [-0.39, 0.29) is 16.6 Å². The molecule has 0 atom stereocenters. The molecule has 0 saturated carbocycles. The second-order valence-electron chi connectivity index (χ2n) is 7.71. The molecule has 30 heavy (non-hydrogen) atoms. The van der Waals surface area contributed by atoms with Gasteiger partial charge in [-0.3, -0.25) is 4.79 Å². The molecule has 160 valence electrons. The average molecular weight is 432 g/mol. The van der Waals surface area contributed by atoms with E-state index in [1.54, 1.807) is 29.2 Å². The van der Waals surface area contributed by atoms with Gasteiger partial charge in [0.25, 0.3) is 0 Å². The lowest BCUT2D eigenvalue weighted by Crippen LogP contribution is -2.48. The zero-order valence-electron chi connectivity index (χ0n) is 17.1. The molecular formula is C22H26FN3O3S. The molecule has 8 heteroatoms. The summed E-state index contributed by atoms with van der Waals surface area (Å²) in [5, 5.41) is 0. The molecule has 6 nitrogen and oxygen atoms in total. The summed E-state index contributed by atoms with van der Waals surface area (Å²) in [5.74, 6) is -0.215. The topological polar surface area (TPSA) is 60.9 Å². The molecule has 4 rings (SSSR count). The van der Waals surface area contributed by atoms with Gasteiger partial charge >= 0.3 is 0 Å². The van der Waals surface area contributed by atoms with Crippen molar-refractivity contribution in [1.29, 1.82) is 0 Å². The highest BCUT2D eigenvalue weighted by molar-refractivity contribution is 7.89. The zero-order chi connectivity index (χ0) is 21.3. The standard InChI is InChI=1S/C22H26FN3O3S/c1-2-4-22(27)26-10-9-17-15-20(7-8-21(17)26)30(28,29)25-13-11-24(12-14-25)19-6-3-5-18(23)16-19/h3,5-8,15-16H,2,4,9-14H2,1H3. The lowest BCUT2D eigenvalue weighted by Gasteiger charge is -2.35. The van der Waals surface area contributed by atoms with Crippen LogP contribution in [0.3, 0.4) is 0 Å². The monoisotopic (exact) mass is 431 g/mol. The van der Waals surface area contributed by atoms with Crippen molar-refractivity contribution in [2.45, 2.75) is 31.1 Å². The third-order valence-electron chi connectivity index (χ3n) is 5.76. The van der Waals surface area contributed by atoms with Crippen LogP contribution in [0.1, 0.15) is 25.3 Å². The number of carbonyl (C=O) groups excluding carboxylic acids is 1. The summed E-state index contributed by atoms with van der Waals surface area (Å²) in [6.45, 7) is 4.27. The third kappa shape index (κ3) is 3.94. The molecule has 2 aromatic rings. The van der Waals surface area contributed by atoms with Crippen molar-refractivity contribution in [3.05, 3.63) is 53.8 Å². The number of sulfonamides is 1.